The number of aryl methyl sites for hydroxylation is 1. The SMILES string of the molecule is Cc1c(-c2ncco2)sc2c1c(=O)n(C(C)(C)C#N)c(=O)n2C[C@H](OC(C)C)c1ccccc1. The van der Waals surface area contributed by atoms with E-state index in [0.717, 1.165) is 10.1 Å². The van der Waals surface area contributed by atoms with Gasteiger partial charge in [0.15, 0.2) is 0 Å². The molecule has 0 saturated carbocycles. The van der Waals surface area contributed by atoms with Crippen molar-refractivity contribution in [1.82, 2.24) is 14.1 Å². The quantitative estimate of drug-likeness (QED) is 0.384. The highest BCUT2D eigenvalue weighted by Gasteiger charge is 2.30. The van der Waals surface area contributed by atoms with Gasteiger partial charge in [0.05, 0.1) is 35.2 Å². The summed E-state index contributed by atoms with van der Waals surface area (Å²) in [6, 6.07) is 11.7. The molecule has 0 spiro atoms. The Bertz CT molecular complexity index is 1470. The molecule has 0 unspecified atom stereocenters. The Balaban J connectivity index is 2.03. The molecule has 3 aromatic heterocycles. The lowest BCUT2D eigenvalue weighted by Crippen LogP contribution is -2.48. The molecule has 3 heterocycles. The smallest absolute Gasteiger partial charge is 0.333 e. The minimum atomic E-state index is -1.34. The molecule has 0 N–H and O–H groups in total. The molecule has 9 heteroatoms. The van der Waals surface area contributed by atoms with Gasteiger partial charge in [0.1, 0.15) is 22.7 Å². The maximum atomic E-state index is 13.8. The molecule has 0 saturated heterocycles. The Morgan fingerprint density at radius 2 is 1.94 bits per heavy atom. The van der Waals surface area contributed by atoms with Gasteiger partial charge in [-0.05, 0) is 45.7 Å². The van der Waals surface area contributed by atoms with E-state index in [0.29, 0.717) is 26.5 Å². The van der Waals surface area contributed by atoms with E-state index in [1.807, 2.05) is 44.2 Å². The second kappa shape index (κ2) is 9.05. The minimum Gasteiger partial charge on any atom is -0.444 e. The van der Waals surface area contributed by atoms with Crippen LogP contribution in [0.1, 0.15) is 44.9 Å². The molecule has 1 atom stereocenters. The summed E-state index contributed by atoms with van der Waals surface area (Å²) < 4.78 is 14.3. The number of oxazole rings is 1. The van der Waals surface area contributed by atoms with Gasteiger partial charge < -0.3 is 9.15 Å². The van der Waals surface area contributed by atoms with Crippen LogP contribution < -0.4 is 11.2 Å². The molecular weight excluding hydrogens is 452 g/mol. The first kappa shape index (κ1) is 23.7. The van der Waals surface area contributed by atoms with Crippen molar-refractivity contribution in [2.75, 3.05) is 0 Å². The van der Waals surface area contributed by atoms with Crippen LogP contribution in [0.4, 0.5) is 0 Å². The van der Waals surface area contributed by atoms with Crippen molar-refractivity contribution in [1.29, 1.82) is 5.26 Å². The molecule has 0 bridgehead atoms. The monoisotopic (exact) mass is 478 g/mol. The predicted molar refractivity (Wildman–Crippen MR) is 131 cm³/mol. The molecular formula is C25H26N4O4S. The number of hydrogen-bond acceptors (Lipinski definition) is 7. The molecule has 0 aliphatic carbocycles. The zero-order chi connectivity index (χ0) is 24.6. The van der Waals surface area contributed by atoms with Gasteiger partial charge in [-0.15, -0.1) is 11.3 Å². The van der Waals surface area contributed by atoms with Crippen molar-refractivity contribution in [3.63, 3.8) is 0 Å². The van der Waals surface area contributed by atoms with Crippen molar-refractivity contribution in [3.05, 3.63) is 74.8 Å². The molecule has 0 fully saturated rings. The Morgan fingerprint density at radius 1 is 1.24 bits per heavy atom. The number of aromatic nitrogens is 3. The van der Waals surface area contributed by atoms with E-state index in [9.17, 15) is 14.9 Å². The highest BCUT2D eigenvalue weighted by atomic mass is 32.1. The summed E-state index contributed by atoms with van der Waals surface area (Å²) in [6.07, 6.45) is 2.47. The maximum absolute atomic E-state index is 13.8. The van der Waals surface area contributed by atoms with Crippen LogP contribution in [0.3, 0.4) is 0 Å². The number of thiophene rings is 1. The van der Waals surface area contributed by atoms with Gasteiger partial charge in [0, 0.05) is 0 Å². The molecule has 0 amide bonds. The molecule has 4 rings (SSSR count). The van der Waals surface area contributed by atoms with Crippen LogP contribution in [0.5, 0.6) is 0 Å². The van der Waals surface area contributed by atoms with Gasteiger partial charge in [-0.3, -0.25) is 9.36 Å². The molecule has 0 aliphatic heterocycles. The van der Waals surface area contributed by atoms with E-state index < -0.39 is 22.9 Å². The molecule has 1 aromatic carbocycles. The summed E-state index contributed by atoms with van der Waals surface area (Å²) in [5.41, 5.74) is -0.838. The van der Waals surface area contributed by atoms with E-state index in [2.05, 4.69) is 11.1 Å². The Morgan fingerprint density at radius 3 is 2.53 bits per heavy atom. The normalized spacial score (nSPS) is 12.9. The summed E-state index contributed by atoms with van der Waals surface area (Å²) in [5, 5.41) is 10.1. The average Bonchev–Trinajstić information content (AvgIpc) is 3.44. The summed E-state index contributed by atoms with van der Waals surface area (Å²) in [6.45, 7) is 8.96. The lowest BCUT2D eigenvalue weighted by atomic mass is 10.1. The molecule has 176 valence electrons. The van der Waals surface area contributed by atoms with Gasteiger partial charge >= 0.3 is 5.69 Å². The van der Waals surface area contributed by atoms with Gasteiger partial charge in [-0.1, -0.05) is 30.3 Å². The van der Waals surface area contributed by atoms with E-state index >= 15 is 0 Å². The Labute approximate surface area is 200 Å². The number of fused-ring (bicyclic) bond motifs is 1. The van der Waals surface area contributed by atoms with Crippen molar-refractivity contribution >= 4 is 21.6 Å². The van der Waals surface area contributed by atoms with Crippen LogP contribution >= 0.6 is 11.3 Å². The molecule has 4 aromatic rings. The second-order valence-electron chi connectivity index (χ2n) is 8.86. The van der Waals surface area contributed by atoms with Crippen molar-refractivity contribution < 1.29 is 9.15 Å². The Kier molecular flexibility index (Phi) is 6.30. The van der Waals surface area contributed by atoms with Crippen LogP contribution in [0, 0.1) is 18.3 Å². The van der Waals surface area contributed by atoms with Gasteiger partial charge in [0.25, 0.3) is 5.56 Å². The summed E-state index contributed by atoms with van der Waals surface area (Å²) in [5.74, 6) is 0.376. The third-order valence-electron chi connectivity index (χ3n) is 5.63. The molecule has 8 nitrogen and oxygen atoms in total. The number of nitrogens with zero attached hydrogens (tertiary/aromatic N) is 4. The Hall–Kier alpha value is -3.48. The largest absolute Gasteiger partial charge is 0.444 e. The van der Waals surface area contributed by atoms with Crippen LogP contribution in [-0.4, -0.2) is 20.2 Å². The summed E-state index contributed by atoms with van der Waals surface area (Å²) in [7, 11) is 0. The minimum absolute atomic E-state index is 0.0918. The first-order valence-electron chi connectivity index (χ1n) is 11.0. The number of hydrogen-bond donors (Lipinski definition) is 0. The molecule has 0 aliphatic rings. The predicted octanol–water partition coefficient (Wildman–Crippen LogP) is 4.61. The first-order chi connectivity index (χ1) is 16.2. The fourth-order valence-corrected chi connectivity index (χ4v) is 5.22. The van der Waals surface area contributed by atoms with E-state index in [-0.39, 0.29) is 12.6 Å². The van der Waals surface area contributed by atoms with E-state index in [1.54, 1.807) is 25.3 Å². The number of rotatable bonds is 7. The number of ether oxygens (including phenoxy) is 1. The standard InChI is InChI=1S/C25H26N4O4S/c1-15(2)33-18(17-9-7-6-8-10-17)13-28-23-19(16(3)20(34-23)21-27-11-12-32-21)22(30)29(24(28)31)25(4,5)14-26/h6-12,15,18H,13H2,1-5H3/t18-/m0/s1. The van der Waals surface area contributed by atoms with Crippen LogP contribution in [0.15, 0.2) is 56.8 Å². The maximum Gasteiger partial charge on any atom is 0.333 e. The second-order valence-corrected chi connectivity index (χ2v) is 9.86. The summed E-state index contributed by atoms with van der Waals surface area (Å²) >= 11 is 1.27. The third kappa shape index (κ3) is 4.11. The number of benzene rings is 1. The average molecular weight is 479 g/mol. The van der Waals surface area contributed by atoms with Gasteiger partial charge in [-0.2, -0.15) is 5.26 Å². The molecule has 34 heavy (non-hydrogen) atoms. The zero-order valence-electron chi connectivity index (χ0n) is 19.7. The van der Waals surface area contributed by atoms with Gasteiger partial charge in [0.2, 0.25) is 5.89 Å². The van der Waals surface area contributed by atoms with Crippen LogP contribution in [-0.2, 0) is 16.8 Å². The van der Waals surface area contributed by atoms with Crippen LogP contribution in [0.25, 0.3) is 21.0 Å². The van der Waals surface area contributed by atoms with E-state index in [4.69, 9.17) is 9.15 Å². The van der Waals surface area contributed by atoms with Crippen molar-refractivity contribution in [2.45, 2.75) is 58.9 Å². The highest BCUT2D eigenvalue weighted by Crippen LogP contribution is 2.36. The topological polar surface area (TPSA) is 103 Å². The number of nitriles is 1. The highest BCUT2D eigenvalue weighted by molar-refractivity contribution is 7.22. The zero-order valence-corrected chi connectivity index (χ0v) is 20.5. The van der Waals surface area contributed by atoms with Crippen LogP contribution in [0.2, 0.25) is 0 Å². The fraction of sp³-hybridized carbons (Fsp3) is 0.360. The van der Waals surface area contributed by atoms with Crippen molar-refractivity contribution in [3.8, 4) is 16.8 Å². The lowest BCUT2D eigenvalue weighted by molar-refractivity contribution is -0.00350. The molecule has 0 radical (unpaired) electrons. The van der Waals surface area contributed by atoms with Crippen molar-refractivity contribution in [2.24, 2.45) is 0 Å². The third-order valence-corrected chi connectivity index (χ3v) is 6.93. The van der Waals surface area contributed by atoms with Gasteiger partial charge in [-0.25, -0.2) is 14.3 Å². The van der Waals surface area contributed by atoms with E-state index in [1.165, 1.54) is 23.8 Å². The fourth-order valence-electron chi connectivity index (χ4n) is 3.98. The first-order valence-corrected chi connectivity index (χ1v) is 11.8. The lowest BCUT2D eigenvalue weighted by Gasteiger charge is -2.25. The summed E-state index contributed by atoms with van der Waals surface area (Å²) in [4.78, 5) is 32.7.